The summed E-state index contributed by atoms with van der Waals surface area (Å²) in [6.07, 6.45) is 1.64. The van der Waals surface area contributed by atoms with E-state index in [2.05, 4.69) is 62.7 Å². The second-order valence-electron chi connectivity index (χ2n) is 6.40. The number of hydrogen-bond acceptors (Lipinski definition) is 8. The third kappa shape index (κ3) is 7.05. The van der Waals surface area contributed by atoms with Crippen molar-refractivity contribution in [1.29, 1.82) is 0 Å². The first-order valence-corrected chi connectivity index (χ1v) is 10.6. The second-order valence-corrected chi connectivity index (χ2v) is 8.17. The molecule has 11 heteroatoms. The Balaban J connectivity index is 0.00000341. The molecular weight excluding hydrogens is 550 g/mol. The summed E-state index contributed by atoms with van der Waals surface area (Å²) < 4.78 is 7.16. The smallest absolute Gasteiger partial charge is 0.250 e. The van der Waals surface area contributed by atoms with Crippen LogP contribution in [0.1, 0.15) is 11.1 Å². The van der Waals surface area contributed by atoms with Gasteiger partial charge >= 0.3 is 0 Å². The van der Waals surface area contributed by atoms with Crippen molar-refractivity contribution < 1.29 is 4.74 Å². The van der Waals surface area contributed by atoms with Gasteiger partial charge in [-0.15, -0.1) is 12.4 Å². The summed E-state index contributed by atoms with van der Waals surface area (Å²) >= 11 is 6.95. The Morgan fingerprint density at radius 1 is 1.06 bits per heavy atom. The van der Waals surface area contributed by atoms with Crippen molar-refractivity contribution in [2.45, 2.75) is 6.54 Å². The van der Waals surface area contributed by atoms with E-state index in [0.29, 0.717) is 30.1 Å². The molecule has 0 aliphatic rings. The molecule has 0 aliphatic heterocycles. The van der Waals surface area contributed by atoms with Crippen LogP contribution in [0.25, 0.3) is 0 Å². The Kier molecular flexibility index (Phi) is 9.47. The fourth-order valence-electron chi connectivity index (χ4n) is 2.52. The molecule has 1 aromatic heterocycles. The molecule has 164 valence electrons. The lowest BCUT2D eigenvalue weighted by molar-refractivity contribution is 0.411. The minimum Gasteiger partial charge on any atom is -0.495 e. The minimum absolute atomic E-state index is 0. The number of aromatic nitrogens is 3. The van der Waals surface area contributed by atoms with E-state index < -0.39 is 0 Å². The zero-order valence-electron chi connectivity index (χ0n) is 17.1. The quantitative estimate of drug-likeness (QED) is 0.292. The number of nitrogens with zero attached hydrogens (tertiary/aromatic N) is 5. The van der Waals surface area contributed by atoms with Gasteiger partial charge in [-0.25, -0.2) is 5.43 Å². The zero-order chi connectivity index (χ0) is 21.5. The number of anilines is 3. The van der Waals surface area contributed by atoms with Gasteiger partial charge in [0.25, 0.3) is 0 Å². The van der Waals surface area contributed by atoms with Gasteiger partial charge in [0.1, 0.15) is 5.75 Å². The van der Waals surface area contributed by atoms with Gasteiger partial charge < -0.3 is 15.0 Å². The molecule has 2 N–H and O–H groups in total. The number of rotatable bonds is 8. The highest BCUT2D eigenvalue weighted by Crippen LogP contribution is 2.31. The van der Waals surface area contributed by atoms with E-state index in [0.717, 1.165) is 20.1 Å². The Morgan fingerprint density at radius 2 is 1.77 bits per heavy atom. The van der Waals surface area contributed by atoms with Gasteiger partial charge in [0.05, 0.1) is 17.8 Å². The molecule has 0 saturated carbocycles. The summed E-state index contributed by atoms with van der Waals surface area (Å²) in [7, 11) is 5.35. The maximum atomic E-state index is 5.43. The molecule has 0 atom stereocenters. The highest BCUT2D eigenvalue weighted by molar-refractivity contribution is 9.11. The predicted octanol–water partition coefficient (Wildman–Crippen LogP) is 4.95. The molecule has 0 amide bonds. The molecule has 2 aromatic carbocycles. The van der Waals surface area contributed by atoms with Crippen molar-refractivity contribution >= 4 is 68.3 Å². The number of benzene rings is 2. The van der Waals surface area contributed by atoms with E-state index in [1.807, 2.05) is 56.6 Å². The first-order valence-electron chi connectivity index (χ1n) is 8.99. The molecule has 3 aromatic rings. The second kappa shape index (κ2) is 11.8. The van der Waals surface area contributed by atoms with Crippen LogP contribution in [0.5, 0.6) is 5.75 Å². The number of hydrazone groups is 1. The average Bonchev–Trinajstić information content (AvgIpc) is 2.72. The molecule has 1 heterocycles. The molecule has 0 fully saturated rings. The van der Waals surface area contributed by atoms with Crippen LogP contribution in [0, 0.1) is 0 Å². The average molecular weight is 572 g/mol. The Labute approximate surface area is 204 Å². The van der Waals surface area contributed by atoms with Crippen molar-refractivity contribution in [3.63, 3.8) is 0 Å². The fraction of sp³-hybridized carbons (Fsp3) is 0.200. The van der Waals surface area contributed by atoms with Gasteiger partial charge in [0.15, 0.2) is 0 Å². The lowest BCUT2D eigenvalue weighted by atomic mass is 10.2. The SMILES string of the molecule is COc1c(Br)cc(Br)cc1C=NNc1nc(NCc2ccccc2)nc(N(C)C)n1.Cl. The zero-order valence-corrected chi connectivity index (χ0v) is 21.1. The molecule has 0 radical (unpaired) electrons. The lowest BCUT2D eigenvalue weighted by Gasteiger charge is -2.13. The van der Waals surface area contributed by atoms with Gasteiger partial charge in [0.2, 0.25) is 17.8 Å². The van der Waals surface area contributed by atoms with Gasteiger partial charge in [-0.2, -0.15) is 20.1 Å². The van der Waals surface area contributed by atoms with Gasteiger partial charge in [-0.05, 0) is 33.6 Å². The maximum absolute atomic E-state index is 5.43. The molecule has 8 nitrogen and oxygen atoms in total. The van der Waals surface area contributed by atoms with E-state index in [1.54, 1.807) is 18.2 Å². The Hall–Kier alpha value is -2.43. The van der Waals surface area contributed by atoms with Crippen LogP contribution in [0.3, 0.4) is 0 Å². The summed E-state index contributed by atoms with van der Waals surface area (Å²) in [6, 6.07) is 13.8. The van der Waals surface area contributed by atoms with Crippen LogP contribution < -0.4 is 20.4 Å². The molecule has 31 heavy (non-hydrogen) atoms. The van der Waals surface area contributed by atoms with Crippen LogP contribution in [0.15, 0.2) is 56.5 Å². The lowest BCUT2D eigenvalue weighted by Crippen LogP contribution is -2.16. The Bertz CT molecular complexity index is 1040. The highest BCUT2D eigenvalue weighted by atomic mass is 79.9. The normalized spacial score (nSPS) is 10.5. The molecule has 0 saturated heterocycles. The fourth-order valence-corrected chi connectivity index (χ4v) is 3.94. The van der Waals surface area contributed by atoms with Crippen molar-refractivity contribution in [2.24, 2.45) is 5.10 Å². The van der Waals surface area contributed by atoms with Crippen LogP contribution in [-0.2, 0) is 6.54 Å². The van der Waals surface area contributed by atoms with Crippen LogP contribution in [-0.4, -0.2) is 42.4 Å². The van der Waals surface area contributed by atoms with Gasteiger partial charge in [0, 0.05) is 30.7 Å². The summed E-state index contributed by atoms with van der Waals surface area (Å²) in [5.41, 5.74) is 4.79. The van der Waals surface area contributed by atoms with Crippen LogP contribution >= 0.6 is 44.3 Å². The van der Waals surface area contributed by atoms with E-state index >= 15 is 0 Å². The number of hydrogen-bond donors (Lipinski definition) is 2. The predicted molar refractivity (Wildman–Crippen MR) is 135 cm³/mol. The number of methoxy groups -OCH3 is 1. The van der Waals surface area contributed by atoms with E-state index in [4.69, 9.17) is 4.74 Å². The molecule has 0 aliphatic carbocycles. The number of halogens is 3. The summed E-state index contributed by atoms with van der Waals surface area (Å²) in [4.78, 5) is 15.0. The third-order valence-electron chi connectivity index (χ3n) is 3.93. The van der Waals surface area contributed by atoms with Crippen LogP contribution in [0.4, 0.5) is 17.8 Å². The van der Waals surface area contributed by atoms with Crippen molar-refractivity contribution in [3.8, 4) is 5.75 Å². The summed E-state index contributed by atoms with van der Waals surface area (Å²) in [5.74, 6) is 1.98. The van der Waals surface area contributed by atoms with Crippen molar-refractivity contribution in [1.82, 2.24) is 15.0 Å². The number of ether oxygens (including phenoxy) is 1. The van der Waals surface area contributed by atoms with Crippen LogP contribution in [0.2, 0.25) is 0 Å². The largest absolute Gasteiger partial charge is 0.495 e. The maximum Gasteiger partial charge on any atom is 0.250 e. The summed E-state index contributed by atoms with van der Waals surface area (Å²) in [6.45, 7) is 0.601. The highest BCUT2D eigenvalue weighted by Gasteiger charge is 2.09. The van der Waals surface area contributed by atoms with Gasteiger partial charge in [-0.1, -0.05) is 46.3 Å². The van der Waals surface area contributed by atoms with E-state index in [1.165, 1.54) is 0 Å². The molecule has 0 spiro atoms. The number of nitrogens with one attached hydrogen (secondary N) is 2. The Morgan fingerprint density at radius 3 is 2.45 bits per heavy atom. The minimum atomic E-state index is 0. The topological polar surface area (TPSA) is 87.6 Å². The van der Waals surface area contributed by atoms with E-state index in [-0.39, 0.29) is 12.4 Å². The van der Waals surface area contributed by atoms with Crippen molar-refractivity contribution in [2.75, 3.05) is 36.8 Å². The van der Waals surface area contributed by atoms with Crippen molar-refractivity contribution in [3.05, 3.63) is 62.5 Å². The summed E-state index contributed by atoms with van der Waals surface area (Å²) in [5, 5.41) is 7.49. The first-order chi connectivity index (χ1) is 14.5. The molecule has 0 unspecified atom stereocenters. The molecule has 3 rings (SSSR count). The van der Waals surface area contributed by atoms with E-state index in [9.17, 15) is 0 Å². The third-order valence-corrected chi connectivity index (χ3v) is 4.97. The first kappa shape index (κ1) is 24.8. The molecular formula is C20H22Br2ClN7O. The monoisotopic (exact) mass is 569 g/mol. The standard InChI is InChI=1S/C20H21Br2N7O.ClH/c1-29(2)20-26-18(23-11-13-7-5-4-6-8-13)25-19(27-20)28-24-12-14-9-15(21)10-16(22)17(14)30-3;/h4-10,12H,11H2,1-3H3,(H2,23,25,26,27,28);1H. The molecule has 0 bridgehead atoms. The van der Waals surface area contributed by atoms with Gasteiger partial charge in [-0.3, -0.25) is 0 Å².